The van der Waals surface area contributed by atoms with Gasteiger partial charge in [0.15, 0.2) is 12.4 Å². The van der Waals surface area contributed by atoms with Crippen LogP contribution in [-0.2, 0) is 20.9 Å². The lowest BCUT2D eigenvalue weighted by atomic mass is 10.1. The number of benzene rings is 2. The van der Waals surface area contributed by atoms with Gasteiger partial charge in [0.2, 0.25) is 11.8 Å². The molecule has 0 unspecified atom stereocenters. The fourth-order valence-corrected chi connectivity index (χ4v) is 3.49. The summed E-state index contributed by atoms with van der Waals surface area (Å²) in [6, 6.07) is 15.4. The summed E-state index contributed by atoms with van der Waals surface area (Å²) < 4.78 is 11.0. The molecule has 2 heterocycles. The SMILES string of the molecule is Cc1cccc(N2C[C@@H](C(=O)OCc3ncc(-c4ccccc4)o3)CC2=O)c1C. The van der Waals surface area contributed by atoms with E-state index in [0.29, 0.717) is 18.2 Å². The number of carbonyl (C=O) groups is 2. The first kappa shape index (κ1) is 18.9. The first-order chi connectivity index (χ1) is 14.0. The third-order valence-electron chi connectivity index (χ3n) is 5.27. The highest BCUT2D eigenvalue weighted by atomic mass is 16.5. The maximum atomic E-state index is 12.5. The van der Waals surface area contributed by atoms with Crippen LogP contribution in [0.2, 0.25) is 0 Å². The Bertz CT molecular complexity index is 1040. The molecular formula is C23H22N2O4. The minimum absolute atomic E-state index is 0.0557. The molecule has 0 aliphatic carbocycles. The van der Waals surface area contributed by atoms with Crippen LogP contribution in [0.1, 0.15) is 23.4 Å². The molecule has 1 aromatic heterocycles. The average molecular weight is 390 g/mol. The van der Waals surface area contributed by atoms with Gasteiger partial charge in [0.25, 0.3) is 0 Å². The van der Waals surface area contributed by atoms with E-state index in [-0.39, 0.29) is 18.9 Å². The molecule has 0 bridgehead atoms. The van der Waals surface area contributed by atoms with Crippen LogP contribution in [-0.4, -0.2) is 23.4 Å². The molecule has 6 nitrogen and oxygen atoms in total. The zero-order valence-electron chi connectivity index (χ0n) is 16.4. The van der Waals surface area contributed by atoms with Crippen LogP contribution in [0.25, 0.3) is 11.3 Å². The van der Waals surface area contributed by atoms with Crippen molar-refractivity contribution in [3.05, 3.63) is 71.7 Å². The summed E-state index contributed by atoms with van der Waals surface area (Å²) in [6.45, 7) is 4.25. The fourth-order valence-electron chi connectivity index (χ4n) is 3.49. The molecule has 1 amide bonds. The van der Waals surface area contributed by atoms with E-state index in [4.69, 9.17) is 9.15 Å². The molecule has 29 heavy (non-hydrogen) atoms. The van der Waals surface area contributed by atoms with Gasteiger partial charge in [-0.3, -0.25) is 9.59 Å². The van der Waals surface area contributed by atoms with E-state index < -0.39 is 11.9 Å². The van der Waals surface area contributed by atoms with E-state index in [0.717, 1.165) is 22.4 Å². The molecule has 0 radical (unpaired) electrons. The van der Waals surface area contributed by atoms with E-state index in [1.54, 1.807) is 11.1 Å². The molecule has 4 rings (SSSR count). The van der Waals surface area contributed by atoms with Gasteiger partial charge in [-0.15, -0.1) is 0 Å². The zero-order valence-corrected chi connectivity index (χ0v) is 16.4. The summed E-state index contributed by atoms with van der Waals surface area (Å²) in [4.78, 5) is 30.8. The summed E-state index contributed by atoms with van der Waals surface area (Å²) in [5.41, 5.74) is 3.91. The molecule has 2 aromatic carbocycles. The van der Waals surface area contributed by atoms with Crippen molar-refractivity contribution >= 4 is 17.6 Å². The number of aryl methyl sites for hydroxylation is 1. The summed E-state index contributed by atoms with van der Waals surface area (Å²) in [7, 11) is 0. The van der Waals surface area contributed by atoms with Gasteiger partial charge in [-0.1, -0.05) is 42.5 Å². The maximum Gasteiger partial charge on any atom is 0.311 e. The Morgan fingerprint density at radius 3 is 2.76 bits per heavy atom. The van der Waals surface area contributed by atoms with Gasteiger partial charge in [0.05, 0.1) is 12.1 Å². The molecule has 0 N–H and O–H groups in total. The number of hydrogen-bond donors (Lipinski definition) is 0. The summed E-state index contributed by atoms with van der Waals surface area (Å²) in [5, 5.41) is 0. The molecule has 1 aliphatic rings. The third-order valence-corrected chi connectivity index (χ3v) is 5.27. The minimum Gasteiger partial charge on any atom is -0.455 e. The van der Waals surface area contributed by atoms with E-state index in [1.807, 2.05) is 62.4 Å². The number of esters is 1. The average Bonchev–Trinajstić information content (AvgIpc) is 3.36. The Kier molecular flexibility index (Phi) is 5.16. The minimum atomic E-state index is -0.494. The first-order valence-corrected chi connectivity index (χ1v) is 9.56. The number of ether oxygens (including phenoxy) is 1. The normalized spacial score (nSPS) is 16.3. The van der Waals surface area contributed by atoms with Crippen molar-refractivity contribution in [1.82, 2.24) is 4.98 Å². The van der Waals surface area contributed by atoms with Gasteiger partial charge < -0.3 is 14.1 Å². The lowest BCUT2D eigenvalue weighted by Gasteiger charge is -2.20. The van der Waals surface area contributed by atoms with Crippen molar-refractivity contribution in [3.63, 3.8) is 0 Å². The number of hydrogen-bond acceptors (Lipinski definition) is 5. The third kappa shape index (κ3) is 3.92. The molecule has 0 saturated carbocycles. The van der Waals surface area contributed by atoms with Gasteiger partial charge in [0.1, 0.15) is 0 Å². The van der Waals surface area contributed by atoms with Crippen molar-refractivity contribution in [2.24, 2.45) is 5.92 Å². The molecule has 1 fully saturated rings. The molecule has 148 valence electrons. The van der Waals surface area contributed by atoms with Crippen molar-refractivity contribution in [2.45, 2.75) is 26.9 Å². The van der Waals surface area contributed by atoms with Crippen molar-refractivity contribution in [1.29, 1.82) is 0 Å². The Balaban J connectivity index is 1.38. The van der Waals surface area contributed by atoms with Crippen molar-refractivity contribution in [2.75, 3.05) is 11.4 Å². The zero-order chi connectivity index (χ0) is 20.4. The smallest absolute Gasteiger partial charge is 0.311 e. The number of anilines is 1. The number of oxazole rings is 1. The molecule has 1 saturated heterocycles. The Morgan fingerprint density at radius 2 is 1.97 bits per heavy atom. The molecule has 1 aliphatic heterocycles. The van der Waals surface area contributed by atoms with Crippen molar-refractivity contribution < 1.29 is 18.7 Å². The predicted molar refractivity (Wildman–Crippen MR) is 108 cm³/mol. The van der Waals surface area contributed by atoms with Gasteiger partial charge >= 0.3 is 5.97 Å². The van der Waals surface area contributed by atoms with E-state index in [9.17, 15) is 9.59 Å². The lowest BCUT2D eigenvalue weighted by molar-refractivity contribution is -0.150. The number of aromatic nitrogens is 1. The molecule has 6 heteroatoms. The van der Waals surface area contributed by atoms with Crippen LogP contribution in [0, 0.1) is 19.8 Å². The van der Waals surface area contributed by atoms with Gasteiger partial charge in [-0.05, 0) is 31.0 Å². The Hall–Kier alpha value is -3.41. The molecule has 1 atom stereocenters. The molecular weight excluding hydrogens is 368 g/mol. The quantitative estimate of drug-likeness (QED) is 0.615. The Morgan fingerprint density at radius 1 is 1.17 bits per heavy atom. The second-order valence-corrected chi connectivity index (χ2v) is 7.22. The highest BCUT2D eigenvalue weighted by Gasteiger charge is 2.36. The van der Waals surface area contributed by atoms with Gasteiger partial charge in [-0.25, -0.2) is 4.98 Å². The highest BCUT2D eigenvalue weighted by molar-refractivity contribution is 6.00. The standard InChI is InChI=1S/C23H22N2O4/c1-15-7-6-10-19(16(15)2)25-13-18(11-22(25)26)23(27)28-14-21-24-12-20(29-21)17-8-4-3-5-9-17/h3-10,12,18H,11,13-14H2,1-2H3/t18-/m0/s1. The number of amides is 1. The van der Waals surface area contributed by atoms with Crippen LogP contribution >= 0.6 is 0 Å². The van der Waals surface area contributed by atoms with E-state index in [2.05, 4.69) is 4.98 Å². The van der Waals surface area contributed by atoms with Crippen LogP contribution < -0.4 is 4.90 Å². The summed E-state index contributed by atoms with van der Waals surface area (Å²) in [5.74, 6) is -0.0265. The number of rotatable bonds is 5. The Labute approximate surface area is 169 Å². The van der Waals surface area contributed by atoms with E-state index in [1.165, 1.54) is 0 Å². The second-order valence-electron chi connectivity index (χ2n) is 7.22. The van der Waals surface area contributed by atoms with Gasteiger partial charge in [0, 0.05) is 24.2 Å². The first-order valence-electron chi connectivity index (χ1n) is 9.56. The predicted octanol–water partition coefficient (Wildman–Crippen LogP) is 4.05. The number of carbonyl (C=O) groups excluding carboxylic acids is 2. The largest absolute Gasteiger partial charge is 0.455 e. The van der Waals surface area contributed by atoms with Crippen LogP contribution in [0.3, 0.4) is 0 Å². The van der Waals surface area contributed by atoms with Crippen molar-refractivity contribution in [3.8, 4) is 11.3 Å². The highest BCUT2D eigenvalue weighted by Crippen LogP contribution is 2.30. The van der Waals surface area contributed by atoms with Crippen LogP contribution in [0.5, 0.6) is 0 Å². The second kappa shape index (κ2) is 7.91. The number of nitrogens with zero attached hydrogens (tertiary/aromatic N) is 2. The van der Waals surface area contributed by atoms with Crippen LogP contribution in [0.4, 0.5) is 5.69 Å². The molecule has 0 spiro atoms. The van der Waals surface area contributed by atoms with Crippen LogP contribution in [0.15, 0.2) is 59.1 Å². The monoisotopic (exact) mass is 390 g/mol. The van der Waals surface area contributed by atoms with E-state index >= 15 is 0 Å². The molecule has 3 aromatic rings. The lowest BCUT2D eigenvalue weighted by Crippen LogP contribution is -2.27. The summed E-state index contributed by atoms with van der Waals surface area (Å²) in [6.07, 6.45) is 1.76. The fraction of sp³-hybridized carbons (Fsp3) is 0.261. The van der Waals surface area contributed by atoms with Gasteiger partial charge in [-0.2, -0.15) is 0 Å². The topological polar surface area (TPSA) is 72.6 Å². The maximum absolute atomic E-state index is 12.5. The summed E-state index contributed by atoms with van der Waals surface area (Å²) >= 11 is 0.